The van der Waals surface area contributed by atoms with Gasteiger partial charge in [-0.05, 0) is 62.2 Å². The Morgan fingerprint density at radius 2 is 2.10 bits per heavy atom. The van der Waals surface area contributed by atoms with Crippen molar-refractivity contribution in [2.24, 2.45) is 11.3 Å². The monoisotopic (exact) mass is 272 g/mol. The van der Waals surface area contributed by atoms with E-state index in [1.54, 1.807) is 0 Å². The van der Waals surface area contributed by atoms with Crippen molar-refractivity contribution >= 4 is 5.91 Å². The molecule has 2 fully saturated rings. The number of rotatable bonds is 4. The van der Waals surface area contributed by atoms with Crippen molar-refractivity contribution in [2.75, 3.05) is 19.6 Å². The van der Waals surface area contributed by atoms with Gasteiger partial charge in [0, 0.05) is 12.5 Å². The lowest BCUT2D eigenvalue weighted by atomic mass is 9.92. The molecule has 0 radical (unpaired) electrons. The minimum absolute atomic E-state index is 0.278. The van der Waals surface area contributed by atoms with Crippen LogP contribution in [0.2, 0.25) is 0 Å². The lowest BCUT2D eigenvalue weighted by molar-refractivity contribution is -0.123. The van der Waals surface area contributed by atoms with Crippen molar-refractivity contribution in [2.45, 2.75) is 32.6 Å². The van der Waals surface area contributed by atoms with Crippen LogP contribution in [0.25, 0.3) is 0 Å². The highest BCUT2D eigenvalue weighted by Gasteiger charge is 2.57. The molecule has 3 rings (SSSR count). The van der Waals surface area contributed by atoms with E-state index in [0.29, 0.717) is 5.41 Å². The van der Waals surface area contributed by atoms with Crippen LogP contribution in [0.4, 0.5) is 0 Å². The van der Waals surface area contributed by atoms with Gasteiger partial charge in [-0.3, -0.25) is 4.79 Å². The van der Waals surface area contributed by atoms with E-state index in [9.17, 15) is 4.79 Å². The van der Waals surface area contributed by atoms with E-state index in [4.69, 9.17) is 0 Å². The Hall–Kier alpha value is -1.35. The molecule has 1 aliphatic heterocycles. The number of piperidine rings is 1. The summed E-state index contributed by atoms with van der Waals surface area (Å²) in [4.78, 5) is 12.2. The summed E-state index contributed by atoms with van der Waals surface area (Å²) in [7, 11) is 0. The molecule has 0 bridgehead atoms. The highest BCUT2D eigenvalue weighted by molar-refractivity contribution is 5.82. The van der Waals surface area contributed by atoms with Crippen LogP contribution in [0.1, 0.15) is 30.4 Å². The number of hydrogen-bond acceptors (Lipinski definition) is 2. The molecule has 0 aromatic heterocycles. The van der Waals surface area contributed by atoms with Crippen LogP contribution >= 0.6 is 0 Å². The summed E-state index contributed by atoms with van der Waals surface area (Å²) >= 11 is 0. The summed E-state index contributed by atoms with van der Waals surface area (Å²) in [5, 5.41) is 6.51. The van der Waals surface area contributed by atoms with E-state index < -0.39 is 0 Å². The molecule has 2 N–H and O–H groups in total. The Morgan fingerprint density at radius 3 is 2.85 bits per heavy atom. The molecule has 1 unspecified atom stereocenters. The molecule has 108 valence electrons. The standard InChI is InChI=1S/C17H24N2O/c1-13-4-2-3-5-14(13)6-9-19-16(20)15-12-17(15)7-10-18-11-8-17/h2-5,15,18H,6-12H2,1H3,(H,19,20). The maximum absolute atomic E-state index is 12.2. The van der Waals surface area contributed by atoms with Crippen LogP contribution < -0.4 is 10.6 Å². The Morgan fingerprint density at radius 1 is 1.35 bits per heavy atom. The average Bonchev–Trinajstić information content (AvgIpc) is 3.15. The van der Waals surface area contributed by atoms with Gasteiger partial charge in [0.2, 0.25) is 5.91 Å². The molecule has 1 saturated carbocycles. The van der Waals surface area contributed by atoms with E-state index >= 15 is 0 Å². The van der Waals surface area contributed by atoms with Gasteiger partial charge < -0.3 is 10.6 Å². The molecule has 1 aliphatic carbocycles. The fourth-order valence-corrected chi connectivity index (χ4v) is 3.53. The van der Waals surface area contributed by atoms with Crippen LogP contribution in [-0.4, -0.2) is 25.5 Å². The van der Waals surface area contributed by atoms with Crippen molar-refractivity contribution in [3.05, 3.63) is 35.4 Å². The van der Waals surface area contributed by atoms with Gasteiger partial charge in [-0.2, -0.15) is 0 Å². The third-order valence-corrected chi connectivity index (χ3v) is 5.06. The van der Waals surface area contributed by atoms with Gasteiger partial charge in [0.25, 0.3) is 0 Å². The molecule has 1 amide bonds. The second-order valence-electron chi connectivity index (χ2n) is 6.34. The summed E-state index contributed by atoms with van der Waals surface area (Å²) in [6, 6.07) is 8.40. The SMILES string of the molecule is Cc1ccccc1CCNC(=O)C1CC12CCNCC2. The molecule has 1 atom stereocenters. The molecule has 1 aromatic carbocycles. The normalized spacial score (nSPS) is 23.6. The molecule has 3 nitrogen and oxygen atoms in total. The first-order valence-electron chi connectivity index (χ1n) is 7.74. The predicted octanol–water partition coefficient (Wildman–Crippen LogP) is 2.04. The summed E-state index contributed by atoms with van der Waals surface area (Å²) in [6.45, 7) is 5.04. The average molecular weight is 272 g/mol. The first-order chi connectivity index (χ1) is 9.71. The fraction of sp³-hybridized carbons (Fsp3) is 0.588. The maximum atomic E-state index is 12.2. The first kappa shape index (κ1) is 13.6. The molecule has 2 aliphatic rings. The Bertz CT molecular complexity index is 492. The zero-order chi connectivity index (χ0) is 14.0. The molecular weight excluding hydrogens is 248 g/mol. The first-order valence-corrected chi connectivity index (χ1v) is 7.74. The summed E-state index contributed by atoms with van der Waals surface area (Å²) in [5.41, 5.74) is 2.99. The summed E-state index contributed by atoms with van der Waals surface area (Å²) in [6.07, 6.45) is 4.37. The minimum atomic E-state index is 0.278. The van der Waals surface area contributed by atoms with E-state index in [1.165, 1.54) is 24.0 Å². The van der Waals surface area contributed by atoms with Crippen LogP contribution in [0.15, 0.2) is 24.3 Å². The summed E-state index contributed by atoms with van der Waals surface area (Å²) < 4.78 is 0. The molecule has 1 heterocycles. The van der Waals surface area contributed by atoms with E-state index in [2.05, 4.69) is 41.8 Å². The second-order valence-corrected chi connectivity index (χ2v) is 6.34. The van der Waals surface area contributed by atoms with Crippen LogP contribution in [0.5, 0.6) is 0 Å². The van der Waals surface area contributed by atoms with Crippen LogP contribution in [0, 0.1) is 18.3 Å². The molecule has 1 saturated heterocycles. The van der Waals surface area contributed by atoms with Gasteiger partial charge >= 0.3 is 0 Å². The number of aryl methyl sites for hydroxylation is 1. The molecule has 20 heavy (non-hydrogen) atoms. The van der Waals surface area contributed by atoms with Gasteiger partial charge in [-0.25, -0.2) is 0 Å². The topological polar surface area (TPSA) is 41.1 Å². The van der Waals surface area contributed by atoms with E-state index in [0.717, 1.165) is 32.5 Å². The third-order valence-electron chi connectivity index (χ3n) is 5.06. The zero-order valence-electron chi connectivity index (χ0n) is 12.2. The zero-order valence-corrected chi connectivity index (χ0v) is 12.2. The van der Waals surface area contributed by atoms with Crippen molar-refractivity contribution in [1.29, 1.82) is 0 Å². The molecular formula is C17H24N2O. The second kappa shape index (κ2) is 5.57. The van der Waals surface area contributed by atoms with E-state index in [1.807, 2.05) is 0 Å². The molecule has 3 heteroatoms. The van der Waals surface area contributed by atoms with Crippen molar-refractivity contribution in [1.82, 2.24) is 10.6 Å². The van der Waals surface area contributed by atoms with Gasteiger partial charge in [0.15, 0.2) is 0 Å². The predicted molar refractivity (Wildman–Crippen MR) is 80.5 cm³/mol. The Kier molecular flexibility index (Phi) is 3.79. The van der Waals surface area contributed by atoms with Crippen molar-refractivity contribution in [3.63, 3.8) is 0 Å². The third kappa shape index (κ3) is 2.73. The van der Waals surface area contributed by atoms with E-state index in [-0.39, 0.29) is 11.8 Å². The maximum Gasteiger partial charge on any atom is 0.223 e. The summed E-state index contributed by atoms with van der Waals surface area (Å²) in [5.74, 6) is 0.557. The smallest absolute Gasteiger partial charge is 0.223 e. The number of carbonyl (C=O) groups excluding carboxylic acids is 1. The number of hydrogen-bond donors (Lipinski definition) is 2. The quantitative estimate of drug-likeness (QED) is 0.880. The Labute approximate surface area is 121 Å². The van der Waals surface area contributed by atoms with Crippen molar-refractivity contribution in [3.8, 4) is 0 Å². The number of benzene rings is 1. The fourth-order valence-electron chi connectivity index (χ4n) is 3.53. The number of nitrogens with one attached hydrogen (secondary N) is 2. The van der Waals surface area contributed by atoms with Crippen molar-refractivity contribution < 1.29 is 4.79 Å². The highest BCUT2D eigenvalue weighted by atomic mass is 16.2. The number of amides is 1. The minimum Gasteiger partial charge on any atom is -0.356 e. The highest BCUT2D eigenvalue weighted by Crippen LogP contribution is 2.58. The van der Waals surface area contributed by atoms with Crippen LogP contribution in [-0.2, 0) is 11.2 Å². The largest absolute Gasteiger partial charge is 0.356 e. The van der Waals surface area contributed by atoms with Gasteiger partial charge in [0.05, 0.1) is 0 Å². The Balaban J connectivity index is 1.45. The van der Waals surface area contributed by atoms with Gasteiger partial charge in [-0.1, -0.05) is 24.3 Å². The lowest BCUT2D eigenvalue weighted by Crippen LogP contribution is -2.34. The molecule has 1 aromatic rings. The van der Waals surface area contributed by atoms with Gasteiger partial charge in [0.1, 0.15) is 0 Å². The van der Waals surface area contributed by atoms with Gasteiger partial charge in [-0.15, -0.1) is 0 Å². The molecule has 1 spiro atoms. The lowest BCUT2D eigenvalue weighted by Gasteiger charge is -2.23. The number of carbonyl (C=O) groups is 1. The van der Waals surface area contributed by atoms with Crippen LogP contribution in [0.3, 0.4) is 0 Å².